The first-order chi connectivity index (χ1) is 11.4. The molecule has 2 aliphatic rings. The summed E-state index contributed by atoms with van der Waals surface area (Å²) in [5.74, 6) is 1.99. The first-order valence-corrected chi connectivity index (χ1v) is 7.81. The topological polar surface area (TPSA) is 92.3 Å². The number of ether oxygens (including phenoxy) is 2. The van der Waals surface area contributed by atoms with Gasteiger partial charge in [0.1, 0.15) is 5.69 Å². The van der Waals surface area contributed by atoms with Crippen molar-refractivity contribution in [1.82, 2.24) is 25.1 Å². The molecule has 2 aromatic rings. The van der Waals surface area contributed by atoms with Crippen LogP contribution in [-0.2, 0) is 9.47 Å². The predicted molar refractivity (Wildman–Crippen MR) is 83.5 cm³/mol. The monoisotopic (exact) mass is 317 g/mol. The quantitative estimate of drug-likeness (QED) is 0.841. The highest BCUT2D eigenvalue weighted by Gasteiger charge is 2.21. The molecule has 0 radical (unpaired) electrons. The van der Waals surface area contributed by atoms with Gasteiger partial charge < -0.3 is 19.3 Å². The molecular weight excluding hydrogens is 298 g/mol. The Labute approximate surface area is 133 Å². The van der Waals surface area contributed by atoms with Gasteiger partial charge in [0.05, 0.1) is 26.4 Å². The van der Waals surface area contributed by atoms with E-state index >= 15 is 0 Å². The molecule has 0 unspecified atom stereocenters. The van der Waals surface area contributed by atoms with Gasteiger partial charge in [0.25, 0.3) is 0 Å². The average molecular weight is 317 g/mol. The van der Waals surface area contributed by atoms with Gasteiger partial charge in [-0.05, 0) is 6.07 Å². The third-order valence-corrected chi connectivity index (χ3v) is 3.94. The van der Waals surface area contributed by atoms with Crippen LogP contribution in [0, 0.1) is 0 Å². The fourth-order valence-corrected chi connectivity index (χ4v) is 2.66. The van der Waals surface area contributed by atoms with Crippen molar-refractivity contribution in [3.05, 3.63) is 12.3 Å². The summed E-state index contributed by atoms with van der Waals surface area (Å²) in [7, 11) is 0. The van der Waals surface area contributed by atoms with Crippen molar-refractivity contribution in [2.75, 3.05) is 62.4 Å². The number of hydrogen-bond donors (Lipinski definition) is 1. The Morgan fingerprint density at radius 2 is 1.39 bits per heavy atom. The van der Waals surface area contributed by atoms with E-state index in [0.717, 1.165) is 31.9 Å². The van der Waals surface area contributed by atoms with Crippen molar-refractivity contribution < 1.29 is 9.47 Å². The van der Waals surface area contributed by atoms with Gasteiger partial charge in [-0.1, -0.05) is 0 Å². The lowest BCUT2D eigenvalue weighted by atomic mass is 10.4. The van der Waals surface area contributed by atoms with E-state index < -0.39 is 0 Å². The molecule has 4 heterocycles. The highest BCUT2D eigenvalue weighted by Crippen LogP contribution is 2.21. The lowest BCUT2D eigenvalue weighted by Crippen LogP contribution is -2.40. The Hall–Kier alpha value is -2.26. The van der Waals surface area contributed by atoms with E-state index in [9.17, 15) is 0 Å². The van der Waals surface area contributed by atoms with E-state index in [0.29, 0.717) is 44.1 Å². The van der Waals surface area contributed by atoms with Crippen LogP contribution < -0.4 is 9.80 Å². The lowest BCUT2D eigenvalue weighted by molar-refractivity contribution is 0.121. The zero-order chi connectivity index (χ0) is 15.5. The van der Waals surface area contributed by atoms with Gasteiger partial charge in [0, 0.05) is 32.4 Å². The summed E-state index contributed by atoms with van der Waals surface area (Å²) < 4.78 is 10.8. The van der Waals surface area contributed by atoms with E-state index in [4.69, 9.17) is 9.47 Å². The maximum Gasteiger partial charge on any atom is 0.230 e. The summed E-state index contributed by atoms with van der Waals surface area (Å²) in [6, 6.07) is 1.86. The SMILES string of the molecule is c1cc(-c2nc(N3CCOCC3)nc(N3CCOCC3)n2)[nH]n1. The Morgan fingerprint density at radius 1 is 0.826 bits per heavy atom. The van der Waals surface area contributed by atoms with Gasteiger partial charge in [-0.3, -0.25) is 5.10 Å². The first-order valence-electron chi connectivity index (χ1n) is 7.81. The minimum Gasteiger partial charge on any atom is -0.378 e. The van der Waals surface area contributed by atoms with Crippen molar-refractivity contribution in [3.63, 3.8) is 0 Å². The number of anilines is 2. The summed E-state index contributed by atoms with van der Waals surface area (Å²) in [5, 5.41) is 6.91. The summed E-state index contributed by atoms with van der Waals surface area (Å²) in [6.45, 7) is 5.92. The van der Waals surface area contributed by atoms with Crippen LogP contribution in [0.2, 0.25) is 0 Å². The minimum atomic E-state index is 0.612. The summed E-state index contributed by atoms with van der Waals surface area (Å²) >= 11 is 0. The molecule has 9 heteroatoms. The Morgan fingerprint density at radius 3 is 1.87 bits per heavy atom. The minimum absolute atomic E-state index is 0.612. The highest BCUT2D eigenvalue weighted by atomic mass is 16.5. The van der Waals surface area contributed by atoms with Crippen LogP contribution in [0.15, 0.2) is 12.3 Å². The summed E-state index contributed by atoms with van der Waals surface area (Å²) in [5.41, 5.74) is 0.788. The van der Waals surface area contributed by atoms with Crippen LogP contribution in [0.4, 0.5) is 11.9 Å². The van der Waals surface area contributed by atoms with Gasteiger partial charge in [-0.15, -0.1) is 0 Å². The van der Waals surface area contributed by atoms with Gasteiger partial charge >= 0.3 is 0 Å². The van der Waals surface area contributed by atoms with Gasteiger partial charge in [0.15, 0.2) is 5.82 Å². The summed E-state index contributed by atoms with van der Waals surface area (Å²) in [6.07, 6.45) is 1.70. The van der Waals surface area contributed by atoms with Gasteiger partial charge in [-0.25, -0.2) is 0 Å². The number of rotatable bonds is 3. The second-order valence-electron chi connectivity index (χ2n) is 5.43. The molecule has 23 heavy (non-hydrogen) atoms. The fraction of sp³-hybridized carbons (Fsp3) is 0.571. The van der Waals surface area contributed by atoms with E-state index in [1.807, 2.05) is 6.07 Å². The molecule has 0 spiro atoms. The van der Waals surface area contributed by atoms with Crippen molar-refractivity contribution >= 4 is 11.9 Å². The number of hydrogen-bond acceptors (Lipinski definition) is 8. The highest BCUT2D eigenvalue weighted by molar-refractivity contribution is 5.54. The zero-order valence-electron chi connectivity index (χ0n) is 12.8. The normalized spacial score (nSPS) is 19.1. The Balaban J connectivity index is 1.70. The number of morpholine rings is 2. The predicted octanol–water partition coefficient (Wildman–Crippen LogP) is -0.0651. The van der Waals surface area contributed by atoms with Crippen LogP contribution in [-0.4, -0.2) is 77.8 Å². The Bertz CT molecular complexity index is 600. The van der Waals surface area contributed by atoms with Crippen molar-refractivity contribution in [1.29, 1.82) is 0 Å². The third kappa shape index (κ3) is 3.10. The molecular formula is C14H19N7O2. The van der Waals surface area contributed by atoms with Gasteiger partial charge in [-0.2, -0.15) is 20.1 Å². The average Bonchev–Trinajstić information content (AvgIpc) is 3.18. The van der Waals surface area contributed by atoms with Crippen molar-refractivity contribution in [3.8, 4) is 11.5 Å². The number of H-pyrrole nitrogens is 1. The number of nitrogens with one attached hydrogen (secondary N) is 1. The molecule has 2 fully saturated rings. The molecule has 0 saturated carbocycles. The number of aromatic nitrogens is 5. The lowest BCUT2D eigenvalue weighted by Gasteiger charge is -2.30. The second kappa shape index (κ2) is 6.47. The van der Waals surface area contributed by atoms with Crippen LogP contribution in [0.3, 0.4) is 0 Å². The molecule has 4 rings (SSSR count). The molecule has 0 bridgehead atoms. The molecule has 1 N–H and O–H groups in total. The van der Waals surface area contributed by atoms with Crippen LogP contribution in [0.25, 0.3) is 11.5 Å². The maximum absolute atomic E-state index is 5.41. The number of nitrogens with zero attached hydrogens (tertiary/aromatic N) is 6. The number of aromatic amines is 1. The van der Waals surface area contributed by atoms with Gasteiger partial charge in [0.2, 0.25) is 11.9 Å². The van der Waals surface area contributed by atoms with E-state index in [1.165, 1.54) is 0 Å². The standard InChI is InChI=1S/C14H19N7O2/c1-2-15-19-11(1)12-16-13(20-3-7-22-8-4-20)18-14(17-12)21-5-9-23-10-6-21/h1-2H,3-10H2,(H,15,19). The summed E-state index contributed by atoms with van der Waals surface area (Å²) in [4.78, 5) is 18.2. The van der Waals surface area contributed by atoms with Crippen molar-refractivity contribution in [2.24, 2.45) is 0 Å². The fourth-order valence-electron chi connectivity index (χ4n) is 2.66. The van der Waals surface area contributed by atoms with E-state index in [-0.39, 0.29) is 0 Å². The molecule has 2 aromatic heterocycles. The molecule has 9 nitrogen and oxygen atoms in total. The van der Waals surface area contributed by atoms with E-state index in [1.54, 1.807) is 6.20 Å². The Kier molecular flexibility index (Phi) is 4.03. The molecule has 2 aliphatic heterocycles. The zero-order valence-corrected chi connectivity index (χ0v) is 12.8. The van der Waals surface area contributed by atoms with Crippen molar-refractivity contribution in [2.45, 2.75) is 0 Å². The molecule has 0 amide bonds. The van der Waals surface area contributed by atoms with Crippen LogP contribution >= 0.6 is 0 Å². The molecule has 0 atom stereocenters. The maximum atomic E-state index is 5.41. The molecule has 0 aliphatic carbocycles. The van der Waals surface area contributed by atoms with Crippen LogP contribution in [0.1, 0.15) is 0 Å². The molecule has 122 valence electrons. The van der Waals surface area contributed by atoms with Crippen LogP contribution in [0.5, 0.6) is 0 Å². The third-order valence-electron chi connectivity index (χ3n) is 3.94. The molecule has 2 saturated heterocycles. The van der Waals surface area contributed by atoms with E-state index in [2.05, 4.69) is 34.9 Å². The second-order valence-corrected chi connectivity index (χ2v) is 5.43. The first kappa shape index (κ1) is 14.3. The molecule has 0 aromatic carbocycles. The smallest absolute Gasteiger partial charge is 0.230 e. The largest absolute Gasteiger partial charge is 0.378 e.